The number of carbonyl (C=O) groups is 1. The van der Waals surface area contributed by atoms with Crippen LogP contribution in [0.15, 0.2) is 18.2 Å². The maximum absolute atomic E-state index is 11.1. The maximum Gasteiger partial charge on any atom is 0.178 e. The molecule has 1 rings (SSSR count). The van der Waals surface area contributed by atoms with Gasteiger partial charge < -0.3 is 11.5 Å². The van der Waals surface area contributed by atoms with Crippen molar-refractivity contribution in [2.45, 2.75) is 0 Å². The molecular weight excluding hydrogens is 176 g/mol. The fourth-order valence-corrected chi connectivity index (χ4v) is 1.08. The molecule has 0 spiro atoms. The molecular formula is C8H9ClN2O. The van der Waals surface area contributed by atoms with E-state index in [-0.39, 0.29) is 12.3 Å². The Hall–Kier alpha value is -1.06. The molecule has 0 amide bonds. The van der Waals surface area contributed by atoms with E-state index in [9.17, 15) is 4.79 Å². The summed E-state index contributed by atoms with van der Waals surface area (Å²) in [6, 6.07) is 4.72. The molecule has 12 heavy (non-hydrogen) atoms. The maximum atomic E-state index is 11.1. The van der Waals surface area contributed by atoms with Gasteiger partial charge in [0.2, 0.25) is 0 Å². The zero-order valence-electron chi connectivity index (χ0n) is 6.38. The quantitative estimate of drug-likeness (QED) is 0.534. The third-order valence-electron chi connectivity index (χ3n) is 1.50. The Balaban J connectivity index is 3.09. The molecule has 0 atom stereocenters. The number of carbonyl (C=O) groups excluding carboxylic acids is 1. The minimum absolute atomic E-state index is 0.0359. The summed E-state index contributed by atoms with van der Waals surface area (Å²) in [4.78, 5) is 11.1. The van der Waals surface area contributed by atoms with Crippen LogP contribution in [0, 0.1) is 0 Å². The number of benzene rings is 1. The van der Waals surface area contributed by atoms with Crippen molar-refractivity contribution in [3.63, 3.8) is 0 Å². The smallest absolute Gasteiger partial charge is 0.178 e. The first kappa shape index (κ1) is 9.03. The number of rotatable bonds is 2. The van der Waals surface area contributed by atoms with Crippen molar-refractivity contribution in [1.82, 2.24) is 0 Å². The molecule has 1 aromatic rings. The van der Waals surface area contributed by atoms with Crippen molar-refractivity contribution in [3.05, 3.63) is 28.8 Å². The Labute approximate surface area is 75.3 Å². The Bertz CT molecular complexity index is 312. The number of nitrogen functional groups attached to an aromatic ring is 1. The van der Waals surface area contributed by atoms with E-state index in [1.807, 2.05) is 0 Å². The van der Waals surface area contributed by atoms with E-state index in [4.69, 9.17) is 23.1 Å². The Morgan fingerprint density at radius 3 is 2.67 bits per heavy atom. The fraction of sp³-hybridized carbons (Fsp3) is 0.125. The molecule has 0 saturated heterocycles. The molecule has 0 aromatic heterocycles. The topological polar surface area (TPSA) is 69.1 Å². The Morgan fingerprint density at radius 2 is 2.17 bits per heavy atom. The van der Waals surface area contributed by atoms with Crippen LogP contribution < -0.4 is 11.5 Å². The lowest BCUT2D eigenvalue weighted by molar-refractivity contribution is 0.100. The average molecular weight is 185 g/mol. The minimum atomic E-state index is -0.177. The highest BCUT2D eigenvalue weighted by molar-refractivity contribution is 6.31. The molecule has 4 heteroatoms. The summed E-state index contributed by atoms with van der Waals surface area (Å²) in [5, 5.41) is 0.515. The predicted octanol–water partition coefficient (Wildman–Crippen LogP) is 1.06. The standard InChI is InChI=1S/C8H9ClN2O/c9-5-1-2-6(7(11)3-5)8(12)4-10/h1-3H,4,10-11H2. The van der Waals surface area contributed by atoms with E-state index in [1.54, 1.807) is 12.1 Å². The van der Waals surface area contributed by atoms with Gasteiger partial charge in [-0.05, 0) is 18.2 Å². The monoisotopic (exact) mass is 184 g/mol. The molecule has 0 aliphatic carbocycles. The van der Waals surface area contributed by atoms with Gasteiger partial charge in [0.25, 0.3) is 0 Å². The fourth-order valence-electron chi connectivity index (χ4n) is 0.897. The summed E-state index contributed by atoms with van der Waals surface area (Å²) in [7, 11) is 0. The van der Waals surface area contributed by atoms with Crippen LogP contribution in [0.1, 0.15) is 10.4 Å². The Kier molecular flexibility index (Phi) is 2.68. The Morgan fingerprint density at radius 1 is 1.50 bits per heavy atom. The van der Waals surface area contributed by atoms with Crippen molar-refractivity contribution >= 4 is 23.1 Å². The normalized spacial score (nSPS) is 9.83. The minimum Gasteiger partial charge on any atom is -0.398 e. The summed E-state index contributed by atoms with van der Waals surface area (Å²) in [6.45, 7) is -0.0359. The third-order valence-corrected chi connectivity index (χ3v) is 1.73. The molecule has 3 nitrogen and oxygen atoms in total. The molecule has 0 fully saturated rings. The first-order valence-corrected chi connectivity index (χ1v) is 3.81. The zero-order valence-corrected chi connectivity index (χ0v) is 7.14. The number of hydrogen-bond acceptors (Lipinski definition) is 3. The van der Waals surface area contributed by atoms with Crippen LogP contribution in [0.4, 0.5) is 5.69 Å². The van der Waals surface area contributed by atoms with Gasteiger partial charge in [0.05, 0.1) is 6.54 Å². The summed E-state index contributed by atoms with van der Waals surface area (Å²) in [5.41, 5.74) is 11.5. The lowest BCUT2D eigenvalue weighted by atomic mass is 10.1. The van der Waals surface area contributed by atoms with E-state index >= 15 is 0 Å². The highest BCUT2D eigenvalue weighted by Crippen LogP contribution is 2.17. The molecule has 0 aliphatic rings. The lowest BCUT2D eigenvalue weighted by Crippen LogP contribution is -2.15. The van der Waals surface area contributed by atoms with E-state index in [2.05, 4.69) is 0 Å². The van der Waals surface area contributed by atoms with Gasteiger partial charge in [0, 0.05) is 16.3 Å². The molecule has 0 heterocycles. The molecule has 64 valence electrons. The van der Waals surface area contributed by atoms with Crippen molar-refractivity contribution < 1.29 is 4.79 Å². The van der Waals surface area contributed by atoms with Crippen molar-refractivity contribution in [3.8, 4) is 0 Å². The van der Waals surface area contributed by atoms with Crippen LogP contribution in [-0.2, 0) is 0 Å². The van der Waals surface area contributed by atoms with Gasteiger partial charge in [-0.1, -0.05) is 11.6 Å². The molecule has 0 saturated carbocycles. The van der Waals surface area contributed by atoms with Gasteiger partial charge in [0.15, 0.2) is 5.78 Å². The highest BCUT2D eigenvalue weighted by atomic mass is 35.5. The summed E-state index contributed by atoms with van der Waals surface area (Å²) in [5.74, 6) is -0.177. The van der Waals surface area contributed by atoms with E-state index in [1.165, 1.54) is 6.07 Å². The second kappa shape index (κ2) is 3.56. The number of ketones is 1. The zero-order chi connectivity index (χ0) is 9.14. The first-order valence-electron chi connectivity index (χ1n) is 3.43. The number of halogens is 1. The lowest BCUT2D eigenvalue weighted by Gasteiger charge is -2.02. The number of nitrogens with two attached hydrogens (primary N) is 2. The van der Waals surface area contributed by atoms with Crippen molar-refractivity contribution in [2.24, 2.45) is 5.73 Å². The van der Waals surface area contributed by atoms with E-state index in [0.29, 0.717) is 16.3 Å². The van der Waals surface area contributed by atoms with Gasteiger partial charge >= 0.3 is 0 Å². The van der Waals surface area contributed by atoms with E-state index < -0.39 is 0 Å². The molecule has 0 bridgehead atoms. The summed E-state index contributed by atoms with van der Waals surface area (Å²) in [6.07, 6.45) is 0. The van der Waals surface area contributed by atoms with Crippen molar-refractivity contribution in [2.75, 3.05) is 12.3 Å². The van der Waals surface area contributed by atoms with Gasteiger partial charge in [-0.3, -0.25) is 4.79 Å². The SMILES string of the molecule is NCC(=O)c1ccc(Cl)cc1N. The molecule has 4 N–H and O–H groups in total. The third kappa shape index (κ3) is 1.75. The van der Waals surface area contributed by atoms with Crippen LogP contribution >= 0.6 is 11.6 Å². The summed E-state index contributed by atoms with van der Waals surface area (Å²) < 4.78 is 0. The van der Waals surface area contributed by atoms with E-state index in [0.717, 1.165) is 0 Å². The van der Waals surface area contributed by atoms with Gasteiger partial charge in [0.1, 0.15) is 0 Å². The second-order valence-electron chi connectivity index (χ2n) is 2.36. The predicted molar refractivity (Wildman–Crippen MR) is 49.2 cm³/mol. The molecule has 0 unspecified atom stereocenters. The summed E-state index contributed by atoms with van der Waals surface area (Å²) >= 11 is 5.64. The van der Waals surface area contributed by atoms with Crippen LogP contribution in [0.25, 0.3) is 0 Å². The highest BCUT2D eigenvalue weighted by Gasteiger charge is 2.06. The van der Waals surface area contributed by atoms with Gasteiger partial charge in [-0.15, -0.1) is 0 Å². The number of hydrogen-bond donors (Lipinski definition) is 2. The average Bonchev–Trinajstić information content (AvgIpc) is 2.03. The number of Topliss-reactive ketones (excluding diaryl/α,β-unsaturated/α-hetero) is 1. The largest absolute Gasteiger partial charge is 0.398 e. The van der Waals surface area contributed by atoms with Crippen LogP contribution in [0.3, 0.4) is 0 Å². The van der Waals surface area contributed by atoms with Gasteiger partial charge in [-0.25, -0.2) is 0 Å². The van der Waals surface area contributed by atoms with Crippen LogP contribution in [-0.4, -0.2) is 12.3 Å². The van der Waals surface area contributed by atoms with Crippen LogP contribution in [0.2, 0.25) is 5.02 Å². The molecule has 0 aliphatic heterocycles. The number of anilines is 1. The second-order valence-corrected chi connectivity index (χ2v) is 2.80. The van der Waals surface area contributed by atoms with Crippen molar-refractivity contribution in [1.29, 1.82) is 0 Å². The molecule has 0 radical (unpaired) electrons. The molecule has 1 aromatic carbocycles. The van der Waals surface area contributed by atoms with Gasteiger partial charge in [-0.2, -0.15) is 0 Å². The first-order chi connectivity index (χ1) is 5.65. The van der Waals surface area contributed by atoms with Crippen LogP contribution in [0.5, 0.6) is 0 Å².